The minimum absolute atomic E-state index is 0.00292. The van der Waals surface area contributed by atoms with Crippen LogP contribution in [0.1, 0.15) is 24.4 Å². The van der Waals surface area contributed by atoms with Crippen molar-refractivity contribution in [1.82, 2.24) is 16.2 Å². The van der Waals surface area contributed by atoms with Crippen molar-refractivity contribution < 1.29 is 9.53 Å². The van der Waals surface area contributed by atoms with Gasteiger partial charge in [-0.1, -0.05) is 29.8 Å². The maximum atomic E-state index is 12.0. The maximum Gasteiger partial charge on any atom is 0.238 e. The summed E-state index contributed by atoms with van der Waals surface area (Å²) in [7, 11) is 1.65. The topological polar surface area (TPSA) is 62.4 Å². The van der Waals surface area contributed by atoms with Gasteiger partial charge in [0, 0.05) is 31.3 Å². The number of nitrogens with one attached hydrogen (secondary N) is 3. The lowest BCUT2D eigenvalue weighted by Gasteiger charge is -2.11. The summed E-state index contributed by atoms with van der Waals surface area (Å²) in [6.45, 7) is 1.28. The number of hydrogen-bond acceptors (Lipinski definition) is 4. The highest BCUT2D eigenvalue weighted by Gasteiger charge is 2.30. The molecule has 5 nitrogen and oxygen atoms in total. The average Bonchev–Trinajstić information content (AvgIpc) is 2.93. The van der Waals surface area contributed by atoms with Crippen LogP contribution in [0.5, 0.6) is 0 Å². The molecule has 1 aliphatic heterocycles. The van der Waals surface area contributed by atoms with E-state index in [9.17, 15) is 4.79 Å². The zero-order chi connectivity index (χ0) is 14.4. The van der Waals surface area contributed by atoms with Crippen molar-refractivity contribution in [3.05, 3.63) is 34.9 Å². The molecular weight excluding hydrogens is 278 g/mol. The molecule has 2 atom stereocenters. The summed E-state index contributed by atoms with van der Waals surface area (Å²) in [4.78, 5) is 12.0. The number of hydrazine groups is 1. The molecule has 0 bridgehead atoms. The van der Waals surface area contributed by atoms with Crippen LogP contribution < -0.4 is 16.2 Å². The van der Waals surface area contributed by atoms with Gasteiger partial charge in [-0.3, -0.25) is 4.79 Å². The van der Waals surface area contributed by atoms with E-state index in [4.69, 9.17) is 16.3 Å². The smallest absolute Gasteiger partial charge is 0.238 e. The average molecular weight is 298 g/mol. The van der Waals surface area contributed by atoms with Crippen LogP contribution in [0.25, 0.3) is 0 Å². The summed E-state index contributed by atoms with van der Waals surface area (Å²) in [6, 6.07) is 7.49. The molecule has 3 N–H and O–H groups in total. The molecule has 1 amide bonds. The predicted molar refractivity (Wildman–Crippen MR) is 78.4 cm³/mol. The third kappa shape index (κ3) is 3.93. The molecular formula is C14H20ClN3O2. The molecule has 0 aromatic heterocycles. The third-order valence-electron chi connectivity index (χ3n) is 3.32. The number of hydrogen-bond donors (Lipinski definition) is 3. The van der Waals surface area contributed by atoms with Crippen molar-refractivity contribution in [3.63, 3.8) is 0 Å². The quantitative estimate of drug-likeness (QED) is 0.695. The number of methoxy groups -OCH3 is 1. The first-order valence-electron chi connectivity index (χ1n) is 6.74. The highest BCUT2D eigenvalue weighted by Crippen LogP contribution is 2.28. The number of carbonyl (C=O) groups is 1. The van der Waals surface area contributed by atoms with E-state index in [-0.39, 0.29) is 18.0 Å². The van der Waals surface area contributed by atoms with Gasteiger partial charge in [-0.15, -0.1) is 0 Å². The Morgan fingerprint density at radius 1 is 1.45 bits per heavy atom. The lowest BCUT2D eigenvalue weighted by Crippen LogP contribution is -2.43. The van der Waals surface area contributed by atoms with E-state index in [1.54, 1.807) is 7.11 Å². The van der Waals surface area contributed by atoms with E-state index in [0.717, 1.165) is 12.0 Å². The maximum absolute atomic E-state index is 12.0. The van der Waals surface area contributed by atoms with Crippen LogP contribution in [0.15, 0.2) is 24.3 Å². The van der Waals surface area contributed by atoms with Crippen LogP contribution in [0.2, 0.25) is 5.02 Å². The summed E-state index contributed by atoms with van der Waals surface area (Å²) in [5.41, 5.74) is 7.16. The predicted octanol–water partition coefficient (Wildman–Crippen LogP) is 1.40. The van der Waals surface area contributed by atoms with Crippen molar-refractivity contribution in [2.75, 3.05) is 20.3 Å². The van der Waals surface area contributed by atoms with Gasteiger partial charge in [0.2, 0.25) is 5.91 Å². The molecule has 1 aromatic rings. The molecule has 2 unspecified atom stereocenters. The summed E-state index contributed by atoms with van der Waals surface area (Å²) in [6.07, 6.45) is 1.50. The second-order valence-electron chi connectivity index (χ2n) is 4.79. The van der Waals surface area contributed by atoms with Gasteiger partial charge in [0.1, 0.15) is 6.04 Å². The summed E-state index contributed by atoms with van der Waals surface area (Å²) < 4.78 is 4.94. The molecule has 1 fully saturated rings. The zero-order valence-corrected chi connectivity index (χ0v) is 12.2. The van der Waals surface area contributed by atoms with Gasteiger partial charge in [0.25, 0.3) is 0 Å². The van der Waals surface area contributed by atoms with Crippen LogP contribution >= 0.6 is 11.6 Å². The molecule has 0 aliphatic carbocycles. The number of ether oxygens (including phenoxy) is 1. The lowest BCUT2D eigenvalue weighted by atomic mass is 10.0. The number of halogens is 1. The van der Waals surface area contributed by atoms with Gasteiger partial charge in [-0.25, -0.2) is 10.9 Å². The Hall–Kier alpha value is -1.14. The molecule has 0 radical (unpaired) electrons. The number of carbonyl (C=O) groups excluding carboxylic acids is 1. The fraction of sp³-hybridized carbons (Fsp3) is 0.500. The molecule has 2 rings (SSSR count). The summed E-state index contributed by atoms with van der Waals surface area (Å²) in [5.74, 6) is 0.00292. The Balaban J connectivity index is 1.83. The van der Waals surface area contributed by atoms with Crippen LogP contribution in [-0.4, -0.2) is 32.2 Å². The lowest BCUT2D eigenvalue weighted by molar-refractivity contribution is -0.122. The number of benzene rings is 1. The fourth-order valence-corrected chi connectivity index (χ4v) is 2.51. The SMILES string of the molecule is COCCCNC(=O)C1CC(c2ccccc2Cl)NN1. The van der Waals surface area contributed by atoms with Crippen LogP contribution in [-0.2, 0) is 9.53 Å². The highest BCUT2D eigenvalue weighted by atomic mass is 35.5. The Kier molecular flexibility index (Phi) is 5.79. The molecule has 0 spiro atoms. The van der Waals surface area contributed by atoms with E-state index in [0.29, 0.717) is 24.6 Å². The minimum atomic E-state index is -0.237. The number of amides is 1. The fourth-order valence-electron chi connectivity index (χ4n) is 2.24. The second-order valence-corrected chi connectivity index (χ2v) is 5.20. The van der Waals surface area contributed by atoms with Gasteiger partial charge in [-0.05, 0) is 24.5 Å². The van der Waals surface area contributed by atoms with Crippen LogP contribution in [0.4, 0.5) is 0 Å². The van der Waals surface area contributed by atoms with E-state index < -0.39 is 0 Å². The highest BCUT2D eigenvalue weighted by molar-refractivity contribution is 6.31. The van der Waals surface area contributed by atoms with Crippen molar-refractivity contribution in [2.24, 2.45) is 0 Å². The van der Waals surface area contributed by atoms with E-state index in [1.807, 2.05) is 24.3 Å². The first-order valence-corrected chi connectivity index (χ1v) is 7.12. The van der Waals surface area contributed by atoms with Gasteiger partial charge in [-0.2, -0.15) is 0 Å². The van der Waals surface area contributed by atoms with Gasteiger partial charge < -0.3 is 10.1 Å². The Bertz CT molecular complexity index is 456. The van der Waals surface area contributed by atoms with Gasteiger partial charge >= 0.3 is 0 Å². The van der Waals surface area contributed by atoms with Crippen molar-refractivity contribution in [1.29, 1.82) is 0 Å². The largest absolute Gasteiger partial charge is 0.385 e. The van der Waals surface area contributed by atoms with Crippen molar-refractivity contribution in [3.8, 4) is 0 Å². The molecule has 0 saturated carbocycles. The van der Waals surface area contributed by atoms with Gasteiger partial charge in [0.05, 0.1) is 0 Å². The van der Waals surface area contributed by atoms with Crippen LogP contribution in [0, 0.1) is 0 Å². The first kappa shape index (κ1) is 15.3. The molecule has 1 aliphatic rings. The molecule has 1 heterocycles. The summed E-state index contributed by atoms with van der Waals surface area (Å²) in [5, 5.41) is 3.61. The minimum Gasteiger partial charge on any atom is -0.385 e. The molecule has 6 heteroatoms. The first-order chi connectivity index (χ1) is 9.72. The molecule has 20 heavy (non-hydrogen) atoms. The van der Waals surface area contributed by atoms with Crippen molar-refractivity contribution in [2.45, 2.75) is 24.9 Å². The van der Waals surface area contributed by atoms with E-state index in [1.165, 1.54) is 0 Å². The Morgan fingerprint density at radius 3 is 3.00 bits per heavy atom. The second kappa shape index (κ2) is 7.59. The standard InChI is InChI=1S/C14H20ClN3O2/c1-20-8-4-7-16-14(19)13-9-12(17-18-13)10-5-2-3-6-11(10)15/h2-3,5-6,12-13,17-18H,4,7-9H2,1H3,(H,16,19). The van der Waals surface area contributed by atoms with E-state index in [2.05, 4.69) is 16.2 Å². The molecule has 1 aromatic carbocycles. The summed E-state index contributed by atoms with van der Waals surface area (Å²) >= 11 is 6.17. The zero-order valence-electron chi connectivity index (χ0n) is 11.5. The van der Waals surface area contributed by atoms with Crippen molar-refractivity contribution >= 4 is 17.5 Å². The third-order valence-corrected chi connectivity index (χ3v) is 3.67. The van der Waals surface area contributed by atoms with Gasteiger partial charge in [0.15, 0.2) is 0 Å². The normalized spacial score (nSPS) is 21.9. The number of rotatable bonds is 6. The Labute approximate surface area is 124 Å². The monoisotopic (exact) mass is 297 g/mol. The van der Waals surface area contributed by atoms with Crippen LogP contribution in [0.3, 0.4) is 0 Å². The Morgan fingerprint density at radius 2 is 2.25 bits per heavy atom. The molecule has 110 valence electrons. The van der Waals surface area contributed by atoms with E-state index >= 15 is 0 Å². The molecule has 1 saturated heterocycles.